The average Bonchev–Trinajstić information content (AvgIpc) is 3.55. The molecule has 1 saturated carbocycles. The van der Waals surface area contributed by atoms with Crippen molar-refractivity contribution in [3.05, 3.63) is 75.9 Å². The molecule has 5 aromatic rings. The van der Waals surface area contributed by atoms with Crippen LogP contribution in [-0.4, -0.2) is 29.0 Å². The highest BCUT2D eigenvalue weighted by Crippen LogP contribution is 2.51. The normalized spacial score (nSPS) is 15.1. The standard InChI is InChI=1S/C29H22FN3O6/c1-14-24-23(27(35)39-25(14)18-12-17(34)10-15-4-3-5-19(30)22(15)18)26(32-28(31-24)36-2)33-29(8-9-29)16-6-7-20-21(11-16)38-13-37-20/h3-7,10-12,34H,8-9,13H2,1-2H3,(H,31,32,33). The minimum absolute atomic E-state index is 0.0538. The molecule has 9 nitrogen and oxygen atoms in total. The largest absolute Gasteiger partial charge is 0.508 e. The number of anilines is 1. The lowest BCUT2D eigenvalue weighted by molar-refractivity contribution is 0.174. The van der Waals surface area contributed by atoms with Crippen LogP contribution in [0.2, 0.25) is 0 Å². The van der Waals surface area contributed by atoms with Crippen molar-refractivity contribution < 1.29 is 28.1 Å². The number of hydrogen-bond donors (Lipinski definition) is 2. The molecule has 0 amide bonds. The molecule has 3 aromatic carbocycles. The van der Waals surface area contributed by atoms with Crippen molar-refractivity contribution >= 4 is 27.5 Å². The van der Waals surface area contributed by atoms with Crippen LogP contribution in [0, 0.1) is 12.7 Å². The fourth-order valence-electron chi connectivity index (χ4n) is 5.25. The van der Waals surface area contributed by atoms with E-state index in [4.69, 9.17) is 18.6 Å². The highest BCUT2D eigenvalue weighted by molar-refractivity contribution is 6.00. The number of ether oxygens (including phenoxy) is 3. The molecule has 196 valence electrons. The SMILES string of the molecule is COc1nc(NC2(c3ccc4c(c3)OCO4)CC2)c2c(=O)oc(-c3cc(O)cc4cccc(F)c34)c(C)c2n1. The van der Waals surface area contributed by atoms with Gasteiger partial charge in [0.2, 0.25) is 6.79 Å². The number of aromatic nitrogens is 2. The Morgan fingerprint density at radius 2 is 1.87 bits per heavy atom. The first-order valence-electron chi connectivity index (χ1n) is 12.4. The Morgan fingerprint density at radius 1 is 1.05 bits per heavy atom. The summed E-state index contributed by atoms with van der Waals surface area (Å²) in [6.45, 7) is 1.90. The summed E-state index contributed by atoms with van der Waals surface area (Å²) in [4.78, 5) is 22.5. The number of benzene rings is 3. The molecule has 0 atom stereocenters. The van der Waals surface area contributed by atoms with E-state index in [9.17, 15) is 14.3 Å². The molecule has 0 bridgehead atoms. The number of rotatable bonds is 5. The van der Waals surface area contributed by atoms with Gasteiger partial charge in [-0.15, -0.1) is 0 Å². The van der Waals surface area contributed by atoms with E-state index in [1.807, 2.05) is 18.2 Å². The Balaban J connectivity index is 1.41. The summed E-state index contributed by atoms with van der Waals surface area (Å²) in [6, 6.07) is 13.2. The molecule has 2 aromatic heterocycles. The molecule has 0 spiro atoms. The van der Waals surface area contributed by atoms with Gasteiger partial charge in [0.15, 0.2) is 11.5 Å². The third kappa shape index (κ3) is 3.63. The minimum Gasteiger partial charge on any atom is -0.508 e. The Labute approximate surface area is 220 Å². The summed E-state index contributed by atoms with van der Waals surface area (Å²) in [7, 11) is 1.44. The number of hydrogen-bond acceptors (Lipinski definition) is 9. The molecule has 0 saturated heterocycles. The van der Waals surface area contributed by atoms with Crippen molar-refractivity contribution in [3.8, 4) is 34.6 Å². The molecule has 0 unspecified atom stereocenters. The number of halogens is 1. The molecule has 1 aliphatic heterocycles. The minimum atomic E-state index is -0.704. The molecule has 0 radical (unpaired) electrons. The second-order valence-electron chi connectivity index (χ2n) is 9.73. The zero-order valence-electron chi connectivity index (χ0n) is 21.0. The number of aromatic hydroxyl groups is 1. The summed E-state index contributed by atoms with van der Waals surface area (Å²) in [6.07, 6.45) is 1.61. The van der Waals surface area contributed by atoms with E-state index >= 15 is 0 Å². The van der Waals surface area contributed by atoms with Gasteiger partial charge in [0, 0.05) is 16.5 Å². The smallest absolute Gasteiger partial charge is 0.349 e. The molecule has 3 heterocycles. The third-order valence-corrected chi connectivity index (χ3v) is 7.35. The van der Waals surface area contributed by atoms with Crippen LogP contribution in [0.15, 0.2) is 57.7 Å². The maximum atomic E-state index is 15.0. The van der Waals surface area contributed by atoms with Crippen LogP contribution >= 0.6 is 0 Å². The number of aryl methyl sites for hydroxylation is 1. The van der Waals surface area contributed by atoms with E-state index in [1.165, 1.54) is 25.3 Å². The van der Waals surface area contributed by atoms with Crippen LogP contribution in [-0.2, 0) is 5.54 Å². The number of phenolic OH excluding ortho intramolecular Hbond substituents is 1. The molecule has 1 aliphatic carbocycles. The fourth-order valence-corrected chi connectivity index (χ4v) is 5.25. The third-order valence-electron chi connectivity index (χ3n) is 7.35. The maximum Gasteiger partial charge on any atom is 0.349 e. The number of nitrogens with zero attached hydrogens (tertiary/aromatic N) is 2. The van der Waals surface area contributed by atoms with Crippen molar-refractivity contribution in [1.29, 1.82) is 0 Å². The average molecular weight is 528 g/mol. The fraction of sp³-hybridized carbons (Fsp3) is 0.207. The summed E-state index contributed by atoms with van der Waals surface area (Å²) < 4.78 is 37.1. The van der Waals surface area contributed by atoms with Crippen molar-refractivity contribution in [2.75, 3.05) is 19.2 Å². The second kappa shape index (κ2) is 8.32. The number of phenols is 1. The van der Waals surface area contributed by atoms with E-state index in [-0.39, 0.29) is 46.5 Å². The van der Waals surface area contributed by atoms with Gasteiger partial charge in [0.25, 0.3) is 0 Å². The Bertz CT molecular complexity index is 1880. The van der Waals surface area contributed by atoms with Gasteiger partial charge in [-0.05, 0) is 61.0 Å². The molecule has 2 aliphatic rings. The van der Waals surface area contributed by atoms with Gasteiger partial charge in [-0.1, -0.05) is 18.2 Å². The van der Waals surface area contributed by atoms with E-state index < -0.39 is 17.0 Å². The highest BCUT2D eigenvalue weighted by Gasteiger charge is 2.46. The first-order valence-corrected chi connectivity index (χ1v) is 12.4. The summed E-state index contributed by atoms with van der Waals surface area (Å²) in [5, 5.41) is 14.6. The predicted molar refractivity (Wildman–Crippen MR) is 141 cm³/mol. The Morgan fingerprint density at radius 3 is 2.67 bits per heavy atom. The van der Waals surface area contributed by atoms with Crippen LogP contribution in [0.4, 0.5) is 10.2 Å². The van der Waals surface area contributed by atoms with Gasteiger partial charge in [-0.2, -0.15) is 9.97 Å². The van der Waals surface area contributed by atoms with E-state index in [0.717, 1.165) is 18.4 Å². The van der Waals surface area contributed by atoms with Crippen LogP contribution in [0.3, 0.4) is 0 Å². The van der Waals surface area contributed by atoms with Crippen molar-refractivity contribution in [2.45, 2.75) is 25.3 Å². The lowest BCUT2D eigenvalue weighted by Crippen LogP contribution is -2.22. The number of fused-ring (bicyclic) bond motifs is 3. The molecule has 7 rings (SSSR count). The van der Waals surface area contributed by atoms with Crippen LogP contribution in [0.5, 0.6) is 23.3 Å². The Hall–Kier alpha value is -4.86. The van der Waals surface area contributed by atoms with Gasteiger partial charge in [0.05, 0.1) is 18.2 Å². The Kier molecular flexibility index (Phi) is 4.97. The zero-order chi connectivity index (χ0) is 26.9. The van der Waals surface area contributed by atoms with E-state index in [0.29, 0.717) is 28.0 Å². The lowest BCUT2D eigenvalue weighted by atomic mass is 9.98. The number of nitrogens with one attached hydrogen (secondary N) is 1. The monoisotopic (exact) mass is 527 g/mol. The van der Waals surface area contributed by atoms with Crippen molar-refractivity contribution in [2.24, 2.45) is 0 Å². The summed E-state index contributed by atoms with van der Waals surface area (Å²) in [5.41, 5.74) is 0.797. The zero-order valence-corrected chi connectivity index (χ0v) is 21.0. The van der Waals surface area contributed by atoms with Crippen LogP contribution in [0.25, 0.3) is 33.0 Å². The summed E-state index contributed by atoms with van der Waals surface area (Å²) >= 11 is 0. The predicted octanol–water partition coefficient (Wildman–Crippen LogP) is 5.39. The van der Waals surface area contributed by atoms with Crippen molar-refractivity contribution in [1.82, 2.24) is 9.97 Å². The maximum absolute atomic E-state index is 15.0. The molecule has 1 fully saturated rings. The highest BCUT2D eigenvalue weighted by atomic mass is 19.1. The van der Waals surface area contributed by atoms with Crippen molar-refractivity contribution in [3.63, 3.8) is 0 Å². The quantitative estimate of drug-likeness (QED) is 0.310. The molecular formula is C29H22FN3O6. The van der Waals surface area contributed by atoms with Gasteiger partial charge in [0.1, 0.15) is 28.5 Å². The topological polar surface area (TPSA) is 116 Å². The molecule has 39 heavy (non-hydrogen) atoms. The van der Waals surface area contributed by atoms with Gasteiger partial charge < -0.3 is 29.1 Å². The number of methoxy groups -OCH3 is 1. The van der Waals surface area contributed by atoms with Crippen LogP contribution in [0.1, 0.15) is 24.0 Å². The van der Waals surface area contributed by atoms with Gasteiger partial charge in [-0.3, -0.25) is 0 Å². The second-order valence-corrected chi connectivity index (χ2v) is 9.73. The molecular weight excluding hydrogens is 505 g/mol. The molecule has 10 heteroatoms. The van der Waals surface area contributed by atoms with Gasteiger partial charge in [-0.25, -0.2) is 9.18 Å². The summed E-state index contributed by atoms with van der Waals surface area (Å²) in [5.74, 6) is 1.11. The van der Waals surface area contributed by atoms with E-state index in [2.05, 4.69) is 15.3 Å². The van der Waals surface area contributed by atoms with E-state index in [1.54, 1.807) is 19.1 Å². The first-order chi connectivity index (χ1) is 18.9. The van der Waals surface area contributed by atoms with Gasteiger partial charge >= 0.3 is 11.6 Å². The van der Waals surface area contributed by atoms with Crippen LogP contribution < -0.4 is 25.2 Å². The lowest BCUT2D eigenvalue weighted by Gasteiger charge is -2.20. The first kappa shape index (κ1) is 23.3. The molecule has 2 N–H and O–H groups in total.